The number of aliphatic hydroxyl groups excluding tert-OH is 1. The Morgan fingerprint density at radius 1 is 1.33 bits per heavy atom. The van der Waals surface area contributed by atoms with Crippen molar-refractivity contribution in [2.45, 2.75) is 50.5 Å². The van der Waals surface area contributed by atoms with Gasteiger partial charge < -0.3 is 5.11 Å². The third-order valence-corrected chi connectivity index (χ3v) is 5.60. The van der Waals surface area contributed by atoms with Crippen LogP contribution in [0.1, 0.15) is 43.0 Å². The molecule has 24 heavy (non-hydrogen) atoms. The summed E-state index contributed by atoms with van der Waals surface area (Å²) in [5.74, 6) is -0.0982. The van der Waals surface area contributed by atoms with Crippen molar-refractivity contribution in [2.75, 3.05) is 6.61 Å². The maximum Gasteiger partial charge on any atom is 0.416 e. The van der Waals surface area contributed by atoms with E-state index in [-0.39, 0.29) is 30.5 Å². The molecule has 2 aliphatic heterocycles. The largest absolute Gasteiger partial charge is 0.416 e. The summed E-state index contributed by atoms with van der Waals surface area (Å²) in [4.78, 5) is 12.4. The topological polar surface area (TPSA) is 43.8 Å². The molecule has 3 aliphatic rings. The van der Waals surface area contributed by atoms with E-state index in [9.17, 15) is 23.1 Å². The number of aliphatic hydroxyl groups is 1. The van der Waals surface area contributed by atoms with Crippen LogP contribution in [0.15, 0.2) is 18.2 Å². The van der Waals surface area contributed by atoms with Gasteiger partial charge in [-0.2, -0.15) is 13.2 Å². The van der Waals surface area contributed by atoms with Gasteiger partial charge in [-0.25, -0.2) is 5.01 Å². The van der Waals surface area contributed by atoms with Crippen molar-refractivity contribution < 1.29 is 23.1 Å². The summed E-state index contributed by atoms with van der Waals surface area (Å²) in [5.41, 5.74) is 0.467. The molecule has 0 saturated carbocycles. The molecule has 1 amide bonds. The van der Waals surface area contributed by atoms with Crippen molar-refractivity contribution in [2.24, 2.45) is 5.92 Å². The van der Waals surface area contributed by atoms with Crippen LogP contribution in [-0.4, -0.2) is 39.2 Å². The van der Waals surface area contributed by atoms with Crippen LogP contribution >= 0.6 is 0 Å². The fourth-order valence-electron chi connectivity index (χ4n) is 4.70. The van der Waals surface area contributed by atoms with Gasteiger partial charge in [0.25, 0.3) is 0 Å². The molecule has 3 atom stereocenters. The number of carbonyl (C=O) groups excluding carboxylic acids is 1. The molecule has 1 aliphatic carbocycles. The number of rotatable bonds is 1. The van der Waals surface area contributed by atoms with Crippen LogP contribution < -0.4 is 0 Å². The second-order valence-corrected chi connectivity index (χ2v) is 7.55. The summed E-state index contributed by atoms with van der Waals surface area (Å²) in [6.07, 6.45) is -3.56. The highest BCUT2D eigenvalue weighted by atomic mass is 19.4. The van der Waals surface area contributed by atoms with E-state index in [1.165, 1.54) is 6.07 Å². The van der Waals surface area contributed by atoms with Gasteiger partial charge in [0.15, 0.2) is 0 Å². The monoisotopic (exact) mass is 340 g/mol. The molecular formula is C17H19F3N2O2. The minimum atomic E-state index is -4.36. The Morgan fingerprint density at radius 2 is 2.04 bits per heavy atom. The second-order valence-electron chi connectivity index (χ2n) is 7.55. The van der Waals surface area contributed by atoms with Crippen molar-refractivity contribution in [3.63, 3.8) is 0 Å². The van der Waals surface area contributed by atoms with Gasteiger partial charge in [-0.05, 0) is 43.5 Å². The van der Waals surface area contributed by atoms with Gasteiger partial charge in [-0.1, -0.05) is 6.07 Å². The quantitative estimate of drug-likeness (QED) is 0.854. The lowest BCUT2D eigenvalue weighted by Crippen LogP contribution is -2.46. The predicted octanol–water partition coefficient (Wildman–Crippen LogP) is 2.52. The fourth-order valence-corrected chi connectivity index (χ4v) is 4.70. The normalized spacial score (nSPS) is 31.3. The van der Waals surface area contributed by atoms with Gasteiger partial charge in [-0.3, -0.25) is 9.80 Å². The third kappa shape index (κ3) is 1.97. The van der Waals surface area contributed by atoms with Gasteiger partial charge in [-0.15, -0.1) is 0 Å². The SMILES string of the molecule is CC1(C)CC(=O)N2C(CO)C3Cc4cc(C(F)(F)F)ccc4C3N21. The molecule has 0 spiro atoms. The first-order valence-corrected chi connectivity index (χ1v) is 8.07. The Hall–Kier alpha value is -1.60. The van der Waals surface area contributed by atoms with Crippen molar-refractivity contribution in [1.82, 2.24) is 10.0 Å². The van der Waals surface area contributed by atoms with Gasteiger partial charge in [0.05, 0.1) is 24.3 Å². The average Bonchev–Trinajstić information content (AvgIpc) is 3.04. The Labute approximate surface area is 137 Å². The number of halogens is 3. The molecule has 7 heteroatoms. The van der Waals surface area contributed by atoms with E-state index in [0.29, 0.717) is 18.4 Å². The molecule has 1 aromatic carbocycles. The summed E-state index contributed by atoms with van der Waals surface area (Å²) >= 11 is 0. The lowest BCUT2D eigenvalue weighted by atomic mass is 9.90. The highest BCUT2D eigenvalue weighted by Gasteiger charge is 2.61. The molecule has 1 N–H and O–H groups in total. The first-order valence-electron chi connectivity index (χ1n) is 8.07. The maximum atomic E-state index is 13.0. The fraction of sp³-hybridized carbons (Fsp3) is 0.588. The van der Waals surface area contributed by atoms with E-state index < -0.39 is 17.3 Å². The number of benzene rings is 1. The number of amides is 1. The number of hydrogen-bond acceptors (Lipinski definition) is 3. The van der Waals surface area contributed by atoms with Crippen LogP contribution in [0.3, 0.4) is 0 Å². The Kier molecular flexibility index (Phi) is 3.13. The van der Waals surface area contributed by atoms with Crippen LogP contribution in [0.4, 0.5) is 13.2 Å². The number of nitrogens with zero attached hydrogens (tertiary/aromatic N) is 2. The van der Waals surface area contributed by atoms with E-state index in [1.807, 2.05) is 18.9 Å². The van der Waals surface area contributed by atoms with E-state index in [2.05, 4.69) is 0 Å². The van der Waals surface area contributed by atoms with Crippen molar-refractivity contribution in [3.05, 3.63) is 34.9 Å². The molecule has 3 unspecified atom stereocenters. The molecule has 2 saturated heterocycles. The molecule has 130 valence electrons. The standard InChI is InChI=1S/C17H19F3N2O2/c1-16(2)7-14(24)21-13(8-23)12-6-9-5-10(17(18,19)20)3-4-11(9)15(12)22(16)21/h3-5,12-13,15,23H,6-8H2,1-2H3. The Morgan fingerprint density at radius 3 is 2.67 bits per heavy atom. The van der Waals surface area contributed by atoms with Gasteiger partial charge in [0.2, 0.25) is 5.91 Å². The highest BCUT2D eigenvalue weighted by Crippen LogP contribution is 2.55. The summed E-state index contributed by atoms with van der Waals surface area (Å²) in [6.45, 7) is 3.74. The molecular weight excluding hydrogens is 321 g/mol. The minimum Gasteiger partial charge on any atom is -0.394 e. The zero-order valence-corrected chi connectivity index (χ0v) is 13.5. The Balaban J connectivity index is 1.80. The van der Waals surface area contributed by atoms with Gasteiger partial charge >= 0.3 is 6.18 Å². The van der Waals surface area contributed by atoms with E-state index >= 15 is 0 Å². The van der Waals surface area contributed by atoms with Gasteiger partial charge in [0.1, 0.15) is 0 Å². The van der Waals surface area contributed by atoms with Crippen LogP contribution in [-0.2, 0) is 17.4 Å². The summed E-state index contributed by atoms with van der Waals surface area (Å²) < 4.78 is 38.9. The number of alkyl halides is 3. The van der Waals surface area contributed by atoms with E-state index in [1.54, 1.807) is 11.1 Å². The zero-order valence-electron chi connectivity index (χ0n) is 13.5. The predicted molar refractivity (Wildman–Crippen MR) is 79.6 cm³/mol. The molecule has 0 aromatic heterocycles. The molecule has 4 rings (SSSR count). The summed E-state index contributed by atoms with van der Waals surface area (Å²) in [6, 6.07) is 3.35. The lowest BCUT2D eigenvalue weighted by molar-refractivity contribution is -0.142. The number of hydrazine groups is 1. The summed E-state index contributed by atoms with van der Waals surface area (Å²) in [7, 11) is 0. The van der Waals surface area contributed by atoms with Crippen LogP contribution in [0.25, 0.3) is 0 Å². The molecule has 4 nitrogen and oxygen atoms in total. The third-order valence-electron chi connectivity index (χ3n) is 5.60. The van der Waals surface area contributed by atoms with E-state index in [4.69, 9.17) is 0 Å². The molecule has 0 radical (unpaired) electrons. The van der Waals surface area contributed by atoms with Crippen molar-refractivity contribution >= 4 is 5.91 Å². The zero-order chi connectivity index (χ0) is 17.4. The lowest BCUT2D eigenvalue weighted by Gasteiger charge is -2.36. The van der Waals surface area contributed by atoms with Crippen molar-refractivity contribution in [1.29, 1.82) is 0 Å². The van der Waals surface area contributed by atoms with E-state index in [0.717, 1.165) is 11.6 Å². The number of fused-ring (bicyclic) bond motifs is 5. The number of hydrogen-bond donors (Lipinski definition) is 1. The first kappa shape index (κ1) is 15.9. The molecule has 1 aromatic rings. The van der Waals surface area contributed by atoms with Gasteiger partial charge in [0, 0.05) is 17.9 Å². The molecule has 2 fully saturated rings. The maximum absolute atomic E-state index is 13.0. The molecule has 2 heterocycles. The number of carbonyl (C=O) groups is 1. The van der Waals surface area contributed by atoms with Crippen LogP contribution in [0, 0.1) is 5.92 Å². The highest BCUT2D eigenvalue weighted by molar-refractivity contribution is 5.80. The minimum absolute atomic E-state index is 0.0260. The smallest absolute Gasteiger partial charge is 0.394 e. The van der Waals surface area contributed by atoms with Crippen LogP contribution in [0.5, 0.6) is 0 Å². The first-order chi connectivity index (χ1) is 11.1. The van der Waals surface area contributed by atoms with Crippen LogP contribution in [0.2, 0.25) is 0 Å². The average molecular weight is 340 g/mol. The molecule has 0 bridgehead atoms. The summed E-state index contributed by atoms with van der Waals surface area (Å²) in [5, 5.41) is 13.4. The Bertz CT molecular complexity index is 716. The van der Waals surface area contributed by atoms with Crippen molar-refractivity contribution in [3.8, 4) is 0 Å². The second kappa shape index (κ2) is 4.73.